The van der Waals surface area contributed by atoms with Crippen LogP contribution in [0.3, 0.4) is 0 Å². The molecule has 8 nitrogen and oxygen atoms in total. The van der Waals surface area contributed by atoms with Gasteiger partial charge in [0.2, 0.25) is 12.7 Å². The topological polar surface area (TPSA) is 86.3 Å². The first-order valence-electron chi connectivity index (χ1n) is 12.6. The van der Waals surface area contributed by atoms with E-state index in [0.29, 0.717) is 34.2 Å². The zero-order valence-electron chi connectivity index (χ0n) is 21.1. The number of para-hydroxylation sites is 3. The van der Waals surface area contributed by atoms with Gasteiger partial charge in [0, 0.05) is 22.9 Å². The third kappa shape index (κ3) is 3.45. The van der Waals surface area contributed by atoms with Crippen LogP contribution in [-0.2, 0) is 16.8 Å². The Bertz CT molecular complexity index is 1650. The van der Waals surface area contributed by atoms with Crippen molar-refractivity contribution in [3.05, 3.63) is 107 Å². The third-order valence-electron chi connectivity index (χ3n) is 7.59. The molecule has 39 heavy (non-hydrogen) atoms. The number of nitrogens with one attached hydrogen (secondary N) is 1. The Balaban J connectivity index is 1.26. The Morgan fingerprint density at radius 1 is 0.897 bits per heavy atom. The minimum Gasteiger partial charge on any atom is -0.495 e. The predicted molar refractivity (Wildman–Crippen MR) is 144 cm³/mol. The van der Waals surface area contributed by atoms with Crippen LogP contribution in [0.25, 0.3) is 0 Å². The minimum absolute atomic E-state index is 0.110. The van der Waals surface area contributed by atoms with Gasteiger partial charge in [-0.05, 0) is 41.5 Å². The monoisotopic (exact) mass is 520 g/mol. The lowest BCUT2D eigenvalue weighted by Gasteiger charge is -2.24. The summed E-state index contributed by atoms with van der Waals surface area (Å²) in [6, 6.07) is 25.9. The lowest BCUT2D eigenvalue weighted by atomic mass is 9.77. The number of nitrogens with zero attached hydrogens (tertiary/aromatic N) is 1. The van der Waals surface area contributed by atoms with Gasteiger partial charge in [0.15, 0.2) is 11.5 Å². The summed E-state index contributed by atoms with van der Waals surface area (Å²) in [5.41, 5.74) is 3.16. The van der Waals surface area contributed by atoms with Gasteiger partial charge in [0.25, 0.3) is 5.91 Å². The maximum atomic E-state index is 14.4. The molecule has 3 aliphatic heterocycles. The van der Waals surface area contributed by atoms with Crippen LogP contribution in [0.4, 0.5) is 11.4 Å². The number of rotatable bonds is 5. The van der Waals surface area contributed by atoms with Crippen molar-refractivity contribution >= 4 is 23.2 Å². The van der Waals surface area contributed by atoms with E-state index >= 15 is 0 Å². The van der Waals surface area contributed by atoms with Crippen LogP contribution in [-0.4, -0.2) is 32.3 Å². The van der Waals surface area contributed by atoms with E-state index in [1.165, 1.54) is 0 Å². The fourth-order valence-corrected chi connectivity index (χ4v) is 5.71. The number of anilines is 2. The van der Waals surface area contributed by atoms with Crippen molar-refractivity contribution in [2.24, 2.45) is 0 Å². The number of benzene rings is 4. The van der Waals surface area contributed by atoms with Gasteiger partial charge in [-0.1, -0.05) is 48.5 Å². The highest BCUT2D eigenvalue weighted by Gasteiger charge is 2.57. The van der Waals surface area contributed by atoms with E-state index in [-0.39, 0.29) is 31.8 Å². The third-order valence-corrected chi connectivity index (χ3v) is 7.59. The molecule has 3 aliphatic rings. The summed E-state index contributed by atoms with van der Waals surface area (Å²) in [7, 11) is 1.56. The summed E-state index contributed by atoms with van der Waals surface area (Å²) in [6.45, 7) is 0.524. The van der Waals surface area contributed by atoms with E-state index in [1.807, 2.05) is 60.7 Å². The first-order valence-corrected chi connectivity index (χ1v) is 12.6. The predicted octanol–water partition coefficient (Wildman–Crippen LogP) is 4.90. The summed E-state index contributed by atoms with van der Waals surface area (Å²) in [5.74, 6) is 1.99. The van der Waals surface area contributed by atoms with Gasteiger partial charge in [-0.2, -0.15) is 0 Å². The van der Waals surface area contributed by atoms with Crippen LogP contribution < -0.4 is 29.2 Å². The Labute approximate surface area is 224 Å². The van der Waals surface area contributed by atoms with Gasteiger partial charge < -0.3 is 29.2 Å². The highest BCUT2D eigenvalue weighted by molar-refractivity contribution is 6.12. The number of ether oxygens (including phenoxy) is 4. The summed E-state index contributed by atoms with van der Waals surface area (Å²) >= 11 is 0. The highest BCUT2D eigenvalue weighted by Crippen LogP contribution is 2.55. The second kappa shape index (κ2) is 8.80. The van der Waals surface area contributed by atoms with Crippen LogP contribution in [0.5, 0.6) is 23.0 Å². The number of fused-ring (bicyclic) bond motifs is 5. The first kappa shape index (κ1) is 23.2. The Hall–Kier alpha value is -4.98. The molecule has 1 unspecified atom stereocenters. The number of hydrogen-bond acceptors (Lipinski definition) is 6. The lowest BCUT2D eigenvalue weighted by molar-refractivity contribution is -0.122. The highest BCUT2D eigenvalue weighted by atomic mass is 16.7. The van der Waals surface area contributed by atoms with E-state index in [2.05, 4.69) is 5.32 Å². The van der Waals surface area contributed by atoms with Crippen molar-refractivity contribution in [3.63, 3.8) is 0 Å². The number of hydrogen-bond donors (Lipinski definition) is 1. The maximum Gasteiger partial charge on any atom is 0.256 e. The van der Waals surface area contributed by atoms with Gasteiger partial charge in [-0.3, -0.25) is 9.59 Å². The van der Waals surface area contributed by atoms with Crippen LogP contribution in [0.2, 0.25) is 0 Å². The molecule has 194 valence electrons. The van der Waals surface area contributed by atoms with Crippen molar-refractivity contribution in [3.8, 4) is 23.0 Å². The number of amides is 2. The van der Waals surface area contributed by atoms with E-state index in [1.54, 1.807) is 36.3 Å². The van der Waals surface area contributed by atoms with Gasteiger partial charge in [0.05, 0.1) is 19.3 Å². The number of carbonyl (C=O) groups excluding carboxylic acids is 2. The maximum absolute atomic E-state index is 14.4. The molecular weight excluding hydrogens is 496 g/mol. The molecular formula is C31H24N2O6. The van der Waals surface area contributed by atoms with Crippen molar-refractivity contribution in [1.29, 1.82) is 0 Å². The fourth-order valence-electron chi connectivity index (χ4n) is 5.71. The van der Waals surface area contributed by atoms with Crippen molar-refractivity contribution < 1.29 is 28.5 Å². The van der Waals surface area contributed by atoms with E-state index in [9.17, 15) is 9.59 Å². The lowest BCUT2D eigenvalue weighted by Crippen LogP contribution is -2.42. The molecule has 4 aromatic rings. The zero-order valence-corrected chi connectivity index (χ0v) is 21.1. The Morgan fingerprint density at radius 2 is 1.64 bits per heavy atom. The smallest absolute Gasteiger partial charge is 0.256 e. The van der Waals surface area contributed by atoms with E-state index in [4.69, 9.17) is 18.9 Å². The summed E-state index contributed by atoms with van der Waals surface area (Å²) in [6.07, 6.45) is 0. The molecule has 0 aromatic heterocycles. The average Bonchev–Trinajstić information content (AvgIpc) is 3.65. The molecule has 0 radical (unpaired) electrons. The molecule has 0 bridgehead atoms. The van der Waals surface area contributed by atoms with Crippen LogP contribution >= 0.6 is 0 Å². The van der Waals surface area contributed by atoms with Crippen molar-refractivity contribution in [1.82, 2.24) is 0 Å². The molecule has 4 aromatic carbocycles. The van der Waals surface area contributed by atoms with Gasteiger partial charge >= 0.3 is 0 Å². The summed E-state index contributed by atoms with van der Waals surface area (Å²) in [4.78, 5) is 29.5. The molecule has 0 aliphatic carbocycles. The van der Waals surface area contributed by atoms with Gasteiger partial charge in [-0.25, -0.2) is 0 Å². The standard InChI is InChI=1S/C31H24N2O6/c1-36-25-13-7-5-11-23(25)32-29(34)20-9-3-2-8-19(20)16-33-24-12-6-4-10-21(24)31(30(33)35)17-37-26-15-28-27(14-22(26)31)38-18-39-28/h2-15H,16-18H2,1H3,(H,32,34). The largest absolute Gasteiger partial charge is 0.495 e. The zero-order chi connectivity index (χ0) is 26.6. The van der Waals surface area contributed by atoms with Crippen molar-refractivity contribution in [2.75, 3.05) is 30.7 Å². The first-order chi connectivity index (χ1) is 19.1. The normalized spacial score (nSPS) is 18.1. The average molecular weight is 521 g/mol. The summed E-state index contributed by atoms with van der Waals surface area (Å²) in [5, 5.41) is 2.95. The Morgan fingerprint density at radius 3 is 2.51 bits per heavy atom. The molecule has 1 spiro atoms. The molecule has 8 heteroatoms. The van der Waals surface area contributed by atoms with Crippen LogP contribution in [0.1, 0.15) is 27.0 Å². The molecule has 1 atom stereocenters. The fraction of sp³-hybridized carbons (Fsp3) is 0.161. The van der Waals surface area contributed by atoms with E-state index in [0.717, 1.165) is 22.4 Å². The SMILES string of the molecule is COc1ccccc1NC(=O)c1ccccc1CN1C(=O)C2(COc3cc4c(cc32)OCO4)c2ccccc21. The summed E-state index contributed by atoms with van der Waals surface area (Å²) < 4.78 is 22.6. The molecule has 1 N–H and O–H groups in total. The molecule has 0 saturated heterocycles. The van der Waals surface area contributed by atoms with Crippen LogP contribution in [0, 0.1) is 0 Å². The quantitative estimate of drug-likeness (QED) is 0.403. The number of carbonyl (C=O) groups is 2. The number of methoxy groups -OCH3 is 1. The molecule has 0 saturated carbocycles. The molecule has 3 heterocycles. The second-order valence-corrected chi connectivity index (χ2v) is 9.62. The van der Waals surface area contributed by atoms with E-state index < -0.39 is 5.41 Å². The minimum atomic E-state index is -1.01. The molecule has 7 rings (SSSR count). The van der Waals surface area contributed by atoms with Gasteiger partial charge in [0.1, 0.15) is 23.5 Å². The molecule has 2 amide bonds. The van der Waals surface area contributed by atoms with Crippen molar-refractivity contribution in [2.45, 2.75) is 12.0 Å². The second-order valence-electron chi connectivity index (χ2n) is 9.62. The van der Waals surface area contributed by atoms with Crippen LogP contribution in [0.15, 0.2) is 84.9 Å². The molecule has 0 fully saturated rings. The Kier molecular flexibility index (Phi) is 5.23. The van der Waals surface area contributed by atoms with Gasteiger partial charge in [-0.15, -0.1) is 0 Å².